The molecule has 0 heterocycles. The first-order valence-electron chi connectivity index (χ1n) is 7.70. The first kappa shape index (κ1) is 15.4. The van der Waals surface area contributed by atoms with Gasteiger partial charge in [0, 0.05) is 16.5 Å². The molecule has 2 atom stereocenters. The normalized spacial score (nSPS) is 20.6. The minimum Gasteiger partial charge on any atom is -0.313 e. The second-order valence-corrected chi connectivity index (χ2v) is 6.88. The van der Waals surface area contributed by atoms with Gasteiger partial charge in [0.05, 0.1) is 0 Å². The predicted octanol–water partition coefficient (Wildman–Crippen LogP) is 4.61. The van der Waals surface area contributed by atoms with Crippen molar-refractivity contribution in [3.63, 3.8) is 0 Å². The molecule has 102 valence electrons. The molecular weight excluding hydrogens is 226 g/mol. The Hall–Kier alpha value is 0.310. The first-order chi connectivity index (χ1) is 8.31. The van der Waals surface area contributed by atoms with E-state index in [9.17, 15) is 0 Å². The van der Waals surface area contributed by atoms with Gasteiger partial charge < -0.3 is 5.32 Å². The smallest absolute Gasteiger partial charge is 0.0201 e. The van der Waals surface area contributed by atoms with Gasteiger partial charge in [-0.2, -0.15) is 11.8 Å². The second kappa shape index (κ2) is 9.27. The van der Waals surface area contributed by atoms with Crippen molar-refractivity contribution >= 4 is 11.8 Å². The van der Waals surface area contributed by atoms with Gasteiger partial charge in [0.2, 0.25) is 0 Å². The van der Waals surface area contributed by atoms with Crippen LogP contribution in [-0.2, 0) is 0 Å². The predicted molar refractivity (Wildman–Crippen MR) is 80.9 cm³/mol. The van der Waals surface area contributed by atoms with E-state index in [1.165, 1.54) is 57.9 Å². The Morgan fingerprint density at radius 2 is 1.82 bits per heavy atom. The van der Waals surface area contributed by atoms with Crippen LogP contribution in [0.4, 0.5) is 0 Å². The summed E-state index contributed by atoms with van der Waals surface area (Å²) in [5.41, 5.74) is 0. The van der Waals surface area contributed by atoms with Crippen LogP contribution in [0.1, 0.15) is 72.1 Å². The number of rotatable bonds is 9. The van der Waals surface area contributed by atoms with Crippen LogP contribution in [0.15, 0.2) is 0 Å². The van der Waals surface area contributed by atoms with E-state index < -0.39 is 0 Å². The Bertz CT molecular complexity index is 178. The zero-order chi connectivity index (χ0) is 12.5. The van der Waals surface area contributed by atoms with Gasteiger partial charge in [0.1, 0.15) is 0 Å². The molecule has 1 N–H and O–H groups in total. The van der Waals surface area contributed by atoms with Crippen molar-refractivity contribution in [2.45, 2.75) is 88.7 Å². The molecule has 0 bridgehead atoms. The average Bonchev–Trinajstić information content (AvgIpc) is 2.84. The Morgan fingerprint density at radius 1 is 1.12 bits per heavy atom. The zero-order valence-corrected chi connectivity index (χ0v) is 12.8. The Morgan fingerprint density at radius 3 is 2.35 bits per heavy atom. The van der Waals surface area contributed by atoms with Crippen LogP contribution < -0.4 is 5.32 Å². The summed E-state index contributed by atoms with van der Waals surface area (Å²) in [6.07, 6.45) is 11.1. The van der Waals surface area contributed by atoms with Crippen molar-refractivity contribution < 1.29 is 0 Å². The molecule has 1 aliphatic carbocycles. The highest BCUT2D eigenvalue weighted by Crippen LogP contribution is 2.35. The largest absolute Gasteiger partial charge is 0.313 e. The maximum Gasteiger partial charge on any atom is 0.0201 e. The molecule has 17 heavy (non-hydrogen) atoms. The third-order valence-corrected chi connectivity index (χ3v) is 5.64. The van der Waals surface area contributed by atoms with E-state index in [4.69, 9.17) is 0 Å². The van der Waals surface area contributed by atoms with Crippen molar-refractivity contribution in [3.8, 4) is 0 Å². The molecule has 0 amide bonds. The van der Waals surface area contributed by atoms with Crippen LogP contribution in [0, 0.1) is 0 Å². The molecule has 1 aliphatic rings. The Balaban J connectivity index is 2.40. The fourth-order valence-corrected chi connectivity index (χ4v) is 4.52. The maximum absolute atomic E-state index is 3.77. The Labute approximate surface area is 113 Å². The number of nitrogens with one attached hydrogen (secondary N) is 1. The fourth-order valence-electron chi connectivity index (χ4n) is 2.81. The van der Waals surface area contributed by atoms with Crippen molar-refractivity contribution in [1.29, 1.82) is 0 Å². The monoisotopic (exact) mass is 257 g/mol. The highest BCUT2D eigenvalue weighted by atomic mass is 32.2. The molecule has 0 aliphatic heterocycles. The lowest BCUT2D eigenvalue weighted by Gasteiger charge is -2.29. The van der Waals surface area contributed by atoms with Crippen molar-refractivity contribution in [2.75, 3.05) is 6.54 Å². The Kier molecular flexibility index (Phi) is 8.38. The molecule has 0 radical (unpaired) electrons. The van der Waals surface area contributed by atoms with E-state index in [0.717, 1.165) is 16.5 Å². The molecule has 2 heteroatoms. The highest BCUT2D eigenvalue weighted by molar-refractivity contribution is 8.00. The van der Waals surface area contributed by atoms with Crippen LogP contribution in [0.3, 0.4) is 0 Å². The summed E-state index contributed by atoms with van der Waals surface area (Å²) in [7, 11) is 0. The SMILES string of the molecule is CCCNC(CCC)C(CC)SC1CCCC1. The van der Waals surface area contributed by atoms with Crippen LogP contribution in [0.2, 0.25) is 0 Å². The molecule has 1 fully saturated rings. The van der Waals surface area contributed by atoms with Gasteiger partial charge in [0.15, 0.2) is 0 Å². The number of hydrogen-bond acceptors (Lipinski definition) is 2. The van der Waals surface area contributed by atoms with Gasteiger partial charge in [-0.3, -0.25) is 0 Å². The van der Waals surface area contributed by atoms with Gasteiger partial charge in [-0.25, -0.2) is 0 Å². The van der Waals surface area contributed by atoms with Crippen molar-refractivity contribution in [3.05, 3.63) is 0 Å². The van der Waals surface area contributed by atoms with Crippen LogP contribution in [-0.4, -0.2) is 23.1 Å². The maximum atomic E-state index is 3.77. The standard InChI is InChI=1S/C15H31NS/c1-4-9-14(16-12-5-2)15(6-3)17-13-10-7-8-11-13/h13-16H,4-12H2,1-3H3. The van der Waals surface area contributed by atoms with E-state index in [0.29, 0.717) is 0 Å². The van der Waals surface area contributed by atoms with Gasteiger partial charge in [-0.05, 0) is 38.6 Å². The number of hydrogen-bond donors (Lipinski definition) is 1. The molecule has 1 rings (SSSR count). The summed E-state index contributed by atoms with van der Waals surface area (Å²) in [5, 5.41) is 5.57. The van der Waals surface area contributed by atoms with Crippen LogP contribution >= 0.6 is 11.8 Å². The lowest BCUT2D eigenvalue weighted by Crippen LogP contribution is -2.39. The van der Waals surface area contributed by atoms with Crippen molar-refractivity contribution in [1.82, 2.24) is 5.32 Å². The summed E-state index contributed by atoms with van der Waals surface area (Å²) in [5.74, 6) is 0. The van der Waals surface area contributed by atoms with Gasteiger partial charge in [-0.15, -0.1) is 0 Å². The minimum atomic E-state index is 0.746. The van der Waals surface area contributed by atoms with E-state index in [2.05, 4.69) is 37.8 Å². The van der Waals surface area contributed by atoms with E-state index in [-0.39, 0.29) is 0 Å². The summed E-state index contributed by atoms with van der Waals surface area (Å²) >= 11 is 2.29. The van der Waals surface area contributed by atoms with Gasteiger partial charge in [-0.1, -0.05) is 40.0 Å². The molecular formula is C15H31NS. The second-order valence-electron chi connectivity index (χ2n) is 5.34. The molecule has 0 aromatic carbocycles. The molecule has 1 nitrogen and oxygen atoms in total. The summed E-state index contributed by atoms with van der Waals surface area (Å²) < 4.78 is 0. The third-order valence-electron chi connectivity index (χ3n) is 3.78. The quantitative estimate of drug-likeness (QED) is 0.647. The highest BCUT2D eigenvalue weighted by Gasteiger charge is 2.24. The molecule has 0 saturated heterocycles. The fraction of sp³-hybridized carbons (Fsp3) is 1.00. The lowest BCUT2D eigenvalue weighted by molar-refractivity contribution is 0.453. The average molecular weight is 257 g/mol. The molecule has 1 saturated carbocycles. The van der Waals surface area contributed by atoms with Gasteiger partial charge >= 0.3 is 0 Å². The van der Waals surface area contributed by atoms with Crippen LogP contribution in [0.25, 0.3) is 0 Å². The van der Waals surface area contributed by atoms with E-state index >= 15 is 0 Å². The summed E-state index contributed by atoms with van der Waals surface area (Å²) in [6.45, 7) is 8.13. The minimum absolute atomic E-state index is 0.746. The van der Waals surface area contributed by atoms with Crippen molar-refractivity contribution in [2.24, 2.45) is 0 Å². The van der Waals surface area contributed by atoms with E-state index in [1.807, 2.05) is 0 Å². The van der Waals surface area contributed by atoms with E-state index in [1.54, 1.807) is 0 Å². The molecule has 0 aromatic heterocycles. The molecule has 2 unspecified atom stereocenters. The van der Waals surface area contributed by atoms with Gasteiger partial charge in [0.25, 0.3) is 0 Å². The summed E-state index contributed by atoms with van der Waals surface area (Å²) in [6, 6.07) is 0.746. The number of thioether (sulfide) groups is 1. The molecule has 0 aromatic rings. The molecule has 0 spiro atoms. The van der Waals surface area contributed by atoms with Crippen LogP contribution in [0.5, 0.6) is 0 Å². The summed E-state index contributed by atoms with van der Waals surface area (Å²) in [4.78, 5) is 0. The first-order valence-corrected chi connectivity index (χ1v) is 8.64. The topological polar surface area (TPSA) is 12.0 Å². The zero-order valence-electron chi connectivity index (χ0n) is 12.0. The lowest BCUT2D eigenvalue weighted by atomic mass is 10.1. The third kappa shape index (κ3) is 5.65.